The van der Waals surface area contributed by atoms with Crippen LogP contribution in [0.15, 0.2) is 24.3 Å². The number of carboxylic acid groups (broad SMARTS) is 1. The van der Waals surface area contributed by atoms with E-state index in [0.29, 0.717) is 5.75 Å². The summed E-state index contributed by atoms with van der Waals surface area (Å²) in [7, 11) is 0. The molecule has 0 aromatic heterocycles. The van der Waals surface area contributed by atoms with E-state index in [1.54, 1.807) is 18.2 Å². The van der Waals surface area contributed by atoms with Crippen LogP contribution in [0.4, 0.5) is 0 Å². The monoisotopic (exact) mass is 306 g/mol. The molecule has 1 N–H and O–H groups in total. The molecule has 22 heavy (non-hydrogen) atoms. The van der Waals surface area contributed by atoms with Gasteiger partial charge in [-0.05, 0) is 31.4 Å². The van der Waals surface area contributed by atoms with E-state index in [-0.39, 0.29) is 11.7 Å². The molecule has 1 atom stereocenters. The summed E-state index contributed by atoms with van der Waals surface area (Å²) < 4.78 is 5.99. The van der Waals surface area contributed by atoms with E-state index in [9.17, 15) is 9.90 Å². The van der Waals surface area contributed by atoms with E-state index in [1.807, 2.05) is 6.07 Å². The molecule has 0 bridgehead atoms. The molecule has 3 nitrogen and oxygen atoms in total. The van der Waals surface area contributed by atoms with E-state index < -0.39 is 5.97 Å². The number of rotatable bonds is 12. The number of ether oxygens (including phenoxy) is 1. The summed E-state index contributed by atoms with van der Waals surface area (Å²) in [6.45, 7) is 4.37. The van der Waals surface area contributed by atoms with E-state index in [4.69, 9.17) is 4.74 Å². The number of aromatic carboxylic acids is 1. The van der Waals surface area contributed by atoms with Gasteiger partial charge in [0.2, 0.25) is 0 Å². The highest BCUT2D eigenvalue weighted by Crippen LogP contribution is 2.23. The quantitative estimate of drug-likeness (QED) is 0.505. The smallest absolute Gasteiger partial charge is 0.339 e. The molecular weight excluding hydrogens is 276 g/mol. The first-order chi connectivity index (χ1) is 10.7. The molecule has 3 heteroatoms. The number of carbonyl (C=O) groups is 1. The van der Waals surface area contributed by atoms with Crippen LogP contribution in [-0.2, 0) is 0 Å². The third kappa shape index (κ3) is 6.97. The van der Waals surface area contributed by atoms with Gasteiger partial charge in [0.15, 0.2) is 0 Å². The summed E-state index contributed by atoms with van der Waals surface area (Å²) >= 11 is 0. The van der Waals surface area contributed by atoms with Crippen molar-refractivity contribution >= 4 is 5.97 Å². The lowest BCUT2D eigenvalue weighted by atomic mass is 10.0. The number of carboxylic acids is 1. The average molecular weight is 306 g/mol. The lowest BCUT2D eigenvalue weighted by Gasteiger charge is -2.20. The van der Waals surface area contributed by atoms with Crippen molar-refractivity contribution in [2.75, 3.05) is 0 Å². The Labute approximate surface area is 134 Å². The molecule has 0 fully saturated rings. The van der Waals surface area contributed by atoms with Crippen molar-refractivity contribution in [2.45, 2.75) is 77.7 Å². The predicted octanol–water partition coefficient (Wildman–Crippen LogP) is 5.68. The Balaban J connectivity index is 2.48. The molecule has 0 amide bonds. The van der Waals surface area contributed by atoms with E-state index in [0.717, 1.165) is 25.7 Å². The van der Waals surface area contributed by atoms with Crippen molar-refractivity contribution in [3.05, 3.63) is 29.8 Å². The molecule has 1 rings (SSSR count). The molecule has 0 radical (unpaired) electrons. The normalized spacial score (nSPS) is 12.1. The second-order valence-electron chi connectivity index (χ2n) is 5.89. The summed E-state index contributed by atoms with van der Waals surface area (Å²) in [4.78, 5) is 11.2. The van der Waals surface area contributed by atoms with Crippen molar-refractivity contribution in [1.82, 2.24) is 0 Å². The standard InChI is InChI=1S/C19H30O3/c1-3-5-6-7-8-9-13-16(12-4-2)22-18-15-11-10-14-17(18)19(20)21/h10-11,14-16H,3-9,12-13H2,1-2H3,(H,20,21). The molecule has 1 unspecified atom stereocenters. The molecule has 0 aliphatic carbocycles. The molecule has 0 heterocycles. The van der Waals surface area contributed by atoms with Gasteiger partial charge >= 0.3 is 5.97 Å². The zero-order valence-electron chi connectivity index (χ0n) is 14.0. The fraction of sp³-hybridized carbons (Fsp3) is 0.632. The number of hydrogen-bond acceptors (Lipinski definition) is 2. The molecule has 0 saturated heterocycles. The third-order valence-corrected chi connectivity index (χ3v) is 3.90. The number of unbranched alkanes of at least 4 members (excludes halogenated alkanes) is 5. The third-order valence-electron chi connectivity index (χ3n) is 3.90. The summed E-state index contributed by atoms with van der Waals surface area (Å²) in [5, 5.41) is 9.22. The Morgan fingerprint density at radius 1 is 1.00 bits per heavy atom. The summed E-state index contributed by atoms with van der Waals surface area (Å²) in [6, 6.07) is 6.92. The van der Waals surface area contributed by atoms with Gasteiger partial charge in [-0.2, -0.15) is 0 Å². The lowest BCUT2D eigenvalue weighted by molar-refractivity contribution is 0.0687. The Hall–Kier alpha value is -1.51. The van der Waals surface area contributed by atoms with Gasteiger partial charge in [-0.3, -0.25) is 0 Å². The van der Waals surface area contributed by atoms with Crippen LogP contribution < -0.4 is 4.74 Å². The van der Waals surface area contributed by atoms with Gasteiger partial charge < -0.3 is 9.84 Å². The van der Waals surface area contributed by atoms with Gasteiger partial charge in [0, 0.05) is 0 Å². The second kappa shape index (κ2) is 11.1. The molecule has 1 aromatic carbocycles. The van der Waals surface area contributed by atoms with Crippen molar-refractivity contribution in [2.24, 2.45) is 0 Å². The highest BCUT2D eigenvalue weighted by atomic mass is 16.5. The zero-order chi connectivity index (χ0) is 16.2. The first kappa shape index (κ1) is 18.5. The van der Waals surface area contributed by atoms with E-state index in [2.05, 4.69) is 13.8 Å². The molecule has 0 aliphatic heterocycles. The minimum Gasteiger partial charge on any atom is -0.490 e. The maximum atomic E-state index is 11.2. The Morgan fingerprint density at radius 2 is 1.68 bits per heavy atom. The van der Waals surface area contributed by atoms with Gasteiger partial charge in [-0.25, -0.2) is 4.79 Å². The number of benzene rings is 1. The van der Waals surface area contributed by atoms with E-state index in [1.165, 1.54) is 32.1 Å². The van der Waals surface area contributed by atoms with Gasteiger partial charge in [-0.15, -0.1) is 0 Å². The Morgan fingerprint density at radius 3 is 2.36 bits per heavy atom. The fourth-order valence-electron chi connectivity index (χ4n) is 2.66. The van der Waals surface area contributed by atoms with E-state index >= 15 is 0 Å². The number of para-hydroxylation sites is 1. The average Bonchev–Trinajstić information content (AvgIpc) is 2.51. The molecular formula is C19H30O3. The van der Waals surface area contributed by atoms with Crippen molar-refractivity contribution in [1.29, 1.82) is 0 Å². The van der Waals surface area contributed by atoms with Crippen molar-refractivity contribution in [3.8, 4) is 5.75 Å². The topological polar surface area (TPSA) is 46.5 Å². The first-order valence-corrected chi connectivity index (χ1v) is 8.68. The summed E-state index contributed by atoms with van der Waals surface area (Å²) in [5.41, 5.74) is 0.256. The Kier molecular flexibility index (Phi) is 9.36. The molecule has 0 aliphatic rings. The maximum absolute atomic E-state index is 11.2. The zero-order valence-corrected chi connectivity index (χ0v) is 14.0. The van der Waals surface area contributed by atoms with Crippen LogP contribution in [0.25, 0.3) is 0 Å². The van der Waals surface area contributed by atoms with Gasteiger partial charge in [0.05, 0.1) is 6.10 Å². The summed E-state index contributed by atoms with van der Waals surface area (Å²) in [6.07, 6.45) is 10.8. The van der Waals surface area contributed by atoms with Gasteiger partial charge in [0.25, 0.3) is 0 Å². The second-order valence-corrected chi connectivity index (χ2v) is 5.89. The van der Waals surface area contributed by atoms with Crippen LogP contribution >= 0.6 is 0 Å². The largest absolute Gasteiger partial charge is 0.490 e. The van der Waals surface area contributed by atoms with Crippen LogP contribution in [0.3, 0.4) is 0 Å². The fourth-order valence-corrected chi connectivity index (χ4v) is 2.66. The van der Waals surface area contributed by atoms with Crippen LogP contribution in [0, 0.1) is 0 Å². The molecule has 0 saturated carbocycles. The molecule has 124 valence electrons. The first-order valence-electron chi connectivity index (χ1n) is 8.68. The predicted molar refractivity (Wildman–Crippen MR) is 90.7 cm³/mol. The van der Waals surface area contributed by atoms with Crippen LogP contribution in [0.1, 0.15) is 82.0 Å². The number of hydrogen-bond donors (Lipinski definition) is 1. The van der Waals surface area contributed by atoms with Crippen LogP contribution in [0.2, 0.25) is 0 Å². The molecule has 0 spiro atoms. The highest BCUT2D eigenvalue weighted by Gasteiger charge is 2.15. The SMILES string of the molecule is CCCCCCCCC(CCC)Oc1ccccc1C(=O)O. The minimum absolute atomic E-state index is 0.122. The van der Waals surface area contributed by atoms with Gasteiger partial charge in [0.1, 0.15) is 11.3 Å². The van der Waals surface area contributed by atoms with Crippen molar-refractivity contribution in [3.63, 3.8) is 0 Å². The Bertz CT molecular complexity index is 428. The van der Waals surface area contributed by atoms with Crippen LogP contribution in [0.5, 0.6) is 5.75 Å². The lowest BCUT2D eigenvalue weighted by Crippen LogP contribution is -2.18. The maximum Gasteiger partial charge on any atom is 0.339 e. The van der Waals surface area contributed by atoms with Crippen molar-refractivity contribution < 1.29 is 14.6 Å². The molecule has 1 aromatic rings. The summed E-state index contributed by atoms with van der Waals surface area (Å²) in [5.74, 6) is -0.426. The van der Waals surface area contributed by atoms with Gasteiger partial charge in [-0.1, -0.05) is 64.5 Å². The highest BCUT2D eigenvalue weighted by molar-refractivity contribution is 5.90. The minimum atomic E-state index is -0.926. The van der Waals surface area contributed by atoms with Crippen LogP contribution in [-0.4, -0.2) is 17.2 Å².